The Morgan fingerprint density at radius 1 is 1.09 bits per heavy atom. The molecule has 0 spiro atoms. The van der Waals surface area contributed by atoms with Crippen LogP contribution in [0.3, 0.4) is 0 Å². The molecule has 1 aliphatic heterocycles. The molecule has 0 aliphatic carbocycles. The molecule has 0 aromatic heterocycles. The van der Waals surface area contributed by atoms with Gasteiger partial charge in [-0.1, -0.05) is 38.1 Å². The second-order valence-electron chi connectivity index (χ2n) is 6.59. The molecule has 1 atom stereocenters. The molecule has 0 saturated heterocycles. The monoisotopic (exact) mass is 339 g/mol. The van der Waals surface area contributed by atoms with Gasteiger partial charge in [-0.05, 0) is 37.3 Å². The van der Waals surface area contributed by atoms with Crippen LogP contribution in [0.4, 0.5) is 0 Å². The summed E-state index contributed by atoms with van der Waals surface area (Å²) in [6.07, 6.45) is 1.47. The van der Waals surface area contributed by atoms with Crippen LogP contribution in [0.5, 0.6) is 0 Å². The van der Waals surface area contributed by atoms with Gasteiger partial charge < -0.3 is 9.05 Å². The number of rotatable bonds is 9. The second kappa shape index (κ2) is 8.43. The first-order valence-electron chi connectivity index (χ1n) is 8.66. The molecular formula is C18H30NO3P. The Hall–Kier alpha value is -0.670. The first-order chi connectivity index (χ1) is 11.0. The lowest BCUT2D eigenvalue weighted by atomic mass is 10.0. The van der Waals surface area contributed by atoms with E-state index in [0.717, 1.165) is 19.5 Å². The first kappa shape index (κ1) is 18.7. The summed E-state index contributed by atoms with van der Waals surface area (Å²) in [5, 5.41) is 0. The first-order valence-corrected chi connectivity index (χ1v) is 10.4. The zero-order chi connectivity index (χ0) is 16.9. The number of hydrogen-bond donors (Lipinski definition) is 0. The van der Waals surface area contributed by atoms with Crippen molar-refractivity contribution in [3.05, 3.63) is 35.4 Å². The van der Waals surface area contributed by atoms with Gasteiger partial charge in [-0.3, -0.25) is 9.46 Å². The molecule has 1 aliphatic rings. The molecule has 23 heavy (non-hydrogen) atoms. The fourth-order valence-electron chi connectivity index (χ4n) is 3.30. The highest BCUT2D eigenvalue weighted by atomic mass is 31.2. The van der Waals surface area contributed by atoms with Crippen LogP contribution in [0.25, 0.3) is 0 Å². The molecule has 1 heterocycles. The molecule has 130 valence electrons. The van der Waals surface area contributed by atoms with Gasteiger partial charge in [0.1, 0.15) is 0 Å². The lowest BCUT2D eigenvalue weighted by Gasteiger charge is -2.31. The highest BCUT2D eigenvalue weighted by Crippen LogP contribution is 2.50. The smallest absolute Gasteiger partial charge is 0.309 e. The van der Waals surface area contributed by atoms with Crippen LogP contribution in [-0.2, 0) is 26.7 Å². The summed E-state index contributed by atoms with van der Waals surface area (Å²) in [6, 6.07) is 8.76. The average Bonchev–Trinajstić information content (AvgIpc) is 2.90. The maximum atomic E-state index is 13.0. The van der Waals surface area contributed by atoms with Crippen molar-refractivity contribution in [2.45, 2.75) is 53.2 Å². The highest BCUT2D eigenvalue weighted by Gasteiger charge is 2.34. The molecule has 0 unspecified atom stereocenters. The third-order valence-electron chi connectivity index (χ3n) is 4.21. The van der Waals surface area contributed by atoms with Crippen molar-refractivity contribution in [3.63, 3.8) is 0 Å². The van der Waals surface area contributed by atoms with E-state index in [2.05, 4.69) is 43.0 Å². The summed E-state index contributed by atoms with van der Waals surface area (Å²) in [5.41, 5.74) is 2.76. The van der Waals surface area contributed by atoms with Gasteiger partial charge in [-0.2, -0.15) is 0 Å². The Morgan fingerprint density at radius 3 is 2.04 bits per heavy atom. The minimum absolute atomic E-state index is 0.214. The Morgan fingerprint density at radius 2 is 1.61 bits per heavy atom. The summed E-state index contributed by atoms with van der Waals surface area (Å²) < 4.78 is 24.0. The SMILES string of the molecule is CCOP(=O)(C[C@H](CC(C)C)N1Cc2ccccc2C1)OCC. The number of fused-ring (bicyclic) bond motifs is 1. The van der Waals surface area contributed by atoms with E-state index in [1.807, 2.05) is 13.8 Å². The molecule has 1 aromatic rings. The zero-order valence-electron chi connectivity index (χ0n) is 14.8. The number of nitrogens with zero attached hydrogens (tertiary/aromatic N) is 1. The minimum atomic E-state index is -3.02. The molecule has 5 heteroatoms. The van der Waals surface area contributed by atoms with Crippen LogP contribution in [0.2, 0.25) is 0 Å². The summed E-state index contributed by atoms with van der Waals surface area (Å²) in [5.74, 6) is 0.542. The van der Waals surface area contributed by atoms with Crippen molar-refractivity contribution < 1.29 is 13.6 Å². The normalized spacial score (nSPS) is 16.7. The van der Waals surface area contributed by atoms with Crippen LogP contribution in [0, 0.1) is 5.92 Å². The Balaban J connectivity index is 2.13. The topological polar surface area (TPSA) is 38.8 Å². The fourth-order valence-corrected chi connectivity index (χ4v) is 5.26. The molecule has 0 saturated carbocycles. The van der Waals surface area contributed by atoms with Gasteiger partial charge in [0.15, 0.2) is 0 Å². The summed E-state index contributed by atoms with van der Waals surface area (Å²) in [7, 11) is -3.02. The molecule has 0 radical (unpaired) electrons. The van der Waals surface area contributed by atoms with Crippen LogP contribution in [0.1, 0.15) is 45.2 Å². The summed E-state index contributed by atoms with van der Waals surface area (Å²) in [6.45, 7) is 10.9. The molecule has 4 nitrogen and oxygen atoms in total. The van der Waals surface area contributed by atoms with Crippen molar-refractivity contribution in [2.24, 2.45) is 5.92 Å². The van der Waals surface area contributed by atoms with Crippen molar-refractivity contribution in [3.8, 4) is 0 Å². The van der Waals surface area contributed by atoms with Gasteiger partial charge in [0.25, 0.3) is 0 Å². The van der Waals surface area contributed by atoms with Gasteiger partial charge in [0, 0.05) is 19.1 Å². The van der Waals surface area contributed by atoms with Crippen LogP contribution < -0.4 is 0 Å². The van der Waals surface area contributed by atoms with Crippen LogP contribution in [-0.4, -0.2) is 30.3 Å². The van der Waals surface area contributed by atoms with E-state index in [1.54, 1.807) is 0 Å². The van der Waals surface area contributed by atoms with Crippen LogP contribution in [0.15, 0.2) is 24.3 Å². The Kier molecular flexibility index (Phi) is 6.84. The van der Waals surface area contributed by atoms with E-state index >= 15 is 0 Å². The highest BCUT2D eigenvalue weighted by molar-refractivity contribution is 7.53. The quantitative estimate of drug-likeness (QED) is 0.612. The van der Waals surface area contributed by atoms with Gasteiger partial charge in [-0.25, -0.2) is 0 Å². The largest absolute Gasteiger partial charge is 0.332 e. The van der Waals surface area contributed by atoms with Crippen LogP contribution >= 0.6 is 7.60 Å². The molecule has 0 bridgehead atoms. The summed E-state index contributed by atoms with van der Waals surface area (Å²) in [4.78, 5) is 2.43. The molecule has 0 N–H and O–H groups in total. The molecule has 2 rings (SSSR count). The Bertz CT molecular complexity index is 512. The van der Waals surface area contributed by atoms with Crippen molar-refractivity contribution in [1.29, 1.82) is 0 Å². The third kappa shape index (κ3) is 5.15. The van der Waals surface area contributed by atoms with E-state index in [0.29, 0.717) is 25.3 Å². The van der Waals surface area contributed by atoms with E-state index in [-0.39, 0.29) is 6.04 Å². The lowest BCUT2D eigenvalue weighted by Crippen LogP contribution is -2.35. The number of benzene rings is 1. The molecule has 1 aromatic carbocycles. The van der Waals surface area contributed by atoms with Gasteiger partial charge >= 0.3 is 7.60 Å². The molecule has 0 amide bonds. The number of hydrogen-bond acceptors (Lipinski definition) is 4. The van der Waals surface area contributed by atoms with Gasteiger partial charge in [0.05, 0.1) is 19.4 Å². The molecular weight excluding hydrogens is 309 g/mol. The maximum Gasteiger partial charge on any atom is 0.332 e. The summed E-state index contributed by atoms with van der Waals surface area (Å²) >= 11 is 0. The predicted molar refractivity (Wildman–Crippen MR) is 94.7 cm³/mol. The Labute approximate surface area is 140 Å². The van der Waals surface area contributed by atoms with E-state index in [9.17, 15) is 4.57 Å². The predicted octanol–water partition coefficient (Wildman–Crippen LogP) is 4.68. The molecule has 0 fully saturated rings. The van der Waals surface area contributed by atoms with E-state index < -0.39 is 7.60 Å². The second-order valence-corrected chi connectivity index (χ2v) is 8.69. The standard InChI is InChI=1S/C18H30NO3P/c1-5-21-23(20,22-6-2)14-18(11-15(3)4)19-12-16-9-7-8-10-17(16)13-19/h7-10,15,18H,5-6,11-14H2,1-4H3/t18-/m0/s1. The average molecular weight is 339 g/mol. The maximum absolute atomic E-state index is 13.0. The third-order valence-corrected chi connectivity index (χ3v) is 6.38. The van der Waals surface area contributed by atoms with Crippen molar-refractivity contribution >= 4 is 7.60 Å². The zero-order valence-corrected chi connectivity index (χ0v) is 15.7. The fraction of sp³-hybridized carbons (Fsp3) is 0.667. The minimum Gasteiger partial charge on any atom is -0.309 e. The van der Waals surface area contributed by atoms with Gasteiger partial charge in [0.2, 0.25) is 0 Å². The van der Waals surface area contributed by atoms with Crippen molar-refractivity contribution in [2.75, 3.05) is 19.4 Å². The van der Waals surface area contributed by atoms with Gasteiger partial charge in [-0.15, -0.1) is 0 Å². The van der Waals surface area contributed by atoms with Crippen molar-refractivity contribution in [1.82, 2.24) is 4.90 Å². The van der Waals surface area contributed by atoms with E-state index in [4.69, 9.17) is 9.05 Å². The van der Waals surface area contributed by atoms with E-state index in [1.165, 1.54) is 11.1 Å². The lowest BCUT2D eigenvalue weighted by molar-refractivity contribution is 0.168.